The smallest absolute Gasteiger partial charge is 0.238 e. The lowest BCUT2D eigenvalue weighted by atomic mass is 10.0. The van der Waals surface area contributed by atoms with Crippen molar-refractivity contribution in [2.24, 2.45) is 0 Å². The van der Waals surface area contributed by atoms with Crippen molar-refractivity contribution in [2.45, 2.75) is 18.9 Å². The molecule has 1 atom stereocenters. The van der Waals surface area contributed by atoms with E-state index in [2.05, 4.69) is 6.92 Å². The number of nitrogens with zero attached hydrogens (tertiary/aromatic N) is 1. The summed E-state index contributed by atoms with van der Waals surface area (Å²) in [5.41, 5.74) is 0.760. The van der Waals surface area contributed by atoms with Gasteiger partial charge in [0.2, 0.25) is 6.04 Å². The van der Waals surface area contributed by atoms with Gasteiger partial charge in [0.1, 0.15) is 0 Å². The van der Waals surface area contributed by atoms with E-state index in [1.54, 1.807) is 12.1 Å². The quantitative estimate of drug-likeness (QED) is 0.525. The minimum Gasteiger partial charge on any atom is -0.264 e. The lowest BCUT2D eigenvalue weighted by Crippen LogP contribution is -2.09. The zero-order valence-electron chi connectivity index (χ0n) is 7.35. The summed E-state index contributed by atoms with van der Waals surface area (Å²) in [6, 6.07) is 8.44. The molecule has 0 amide bonds. The molecule has 0 aliphatic rings. The van der Waals surface area contributed by atoms with Crippen LogP contribution in [-0.4, -0.2) is 4.92 Å². The van der Waals surface area contributed by atoms with Gasteiger partial charge >= 0.3 is 0 Å². The molecule has 13 heavy (non-hydrogen) atoms. The largest absolute Gasteiger partial charge is 0.264 e. The summed E-state index contributed by atoms with van der Waals surface area (Å²) >= 11 is 0. The molecule has 1 radical (unpaired) electrons. The predicted octanol–water partition coefficient (Wildman–Crippen LogP) is 2.62. The Balaban J connectivity index is 2.82. The Hall–Kier alpha value is -1.38. The van der Waals surface area contributed by atoms with Crippen LogP contribution in [0.2, 0.25) is 0 Å². The summed E-state index contributed by atoms with van der Waals surface area (Å²) in [4.78, 5) is 10.4. The van der Waals surface area contributed by atoms with Crippen molar-refractivity contribution in [2.75, 3.05) is 0 Å². The van der Waals surface area contributed by atoms with Crippen LogP contribution in [0.25, 0.3) is 0 Å². The molecule has 0 N–H and O–H groups in total. The highest BCUT2D eigenvalue weighted by atomic mass is 16.6. The summed E-state index contributed by atoms with van der Waals surface area (Å²) in [5, 5.41) is 10.7. The van der Waals surface area contributed by atoms with Crippen molar-refractivity contribution < 1.29 is 4.92 Å². The van der Waals surface area contributed by atoms with Crippen molar-refractivity contribution in [1.29, 1.82) is 0 Å². The molecule has 1 rings (SSSR count). The number of benzene rings is 1. The van der Waals surface area contributed by atoms with E-state index in [1.807, 2.05) is 18.2 Å². The van der Waals surface area contributed by atoms with Gasteiger partial charge < -0.3 is 0 Å². The number of rotatable bonds is 4. The number of nitro groups is 1. The van der Waals surface area contributed by atoms with Gasteiger partial charge in [-0.05, 0) is 6.42 Å². The second-order valence-electron chi connectivity index (χ2n) is 2.85. The van der Waals surface area contributed by atoms with Crippen LogP contribution in [0.3, 0.4) is 0 Å². The SMILES string of the molecule is [CH2]CCC(c1ccccc1)[N+](=O)[O-]. The highest BCUT2D eigenvalue weighted by molar-refractivity contribution is 5.17. The molecule has 1 unspecified atom stereocenters. The molecule has 0 aromatic heterocycles. The van der Waals surface area contributed by atoms with E-state index in [-0.39, 0.29) is 4.92 Å². The molecule has 0 fully saturated rings. The molecule has 3 nitrogen and oxygen atoms in total. The van der Waals surface area contributed by atoms with Crippen molar-refractivity contribution in [3.8, 4) is 0 Å². The van der Waals surface area contributed by atoms with Gasteiger partial charge in [-0.1, -0.05) is 37.3 Å². The Morgan fingerprint density at radius 1 is 1.38 bits per heavy atom. The zero-order valence-corrected chi connectivity index (χ0v) is 7.35. The first-order chi connectivity index (χ1) is 6.25. The highest BCUT2D eigenvalue weighted by Gasteiger charge is 2.20. The highest BCUT2D eigenvalue weighted by Crippen LogP contribution is 2.20. The average molecular weight is 178 g/mol. The molecule has 1 aromatic rings. The average Bonchev–Trinajstić information content (AvgIpc) is 2.15. The van der Waals surface area contributed by atoms with E-state index in [9.17, 15) is 10.1 Å². The molecule has 0 aliphatic carbocycles. The molecule has 0 saturated heterocycles. The molecule has 0 aliphatic heterocycles. The Morgan fingerprint density at radius 2 is 2.00 bits per heavy atom. The summed E-state index contributed by atoms with van der Waals surface area (Å²) in [6.45, 7) is 3.63. The summed E-state index contributed by atoms with van der Waals surface area (Å²) < 4.78 is 0. The Bertz CT molecular complexity index is 272. The van der Waals surface area contributed by atoms with Gasteiger partial charge in [-0.3, -0.25) is 10.1 Å². The van der Waals surface area contributed by atoms with Crippen molar-refractivity contribution in [1.82, 2.24) is 0 Å². The van der Waals surface area contributed by atoms with Crippen LogP contribution in [-0.2, 0) is 0 Å². The summed E-state index contributed by atoms with van der Waals surface area (Å²) in [7, 11) is 0. The van der Waals surface area contributed by atoms with E-state index in [4.69, 9.17) is 0 Å². The van der Waals surface area contributed by atoms with Gasteiger partial charge in [0.05, 0.1) is 0 Å². The number of hydrogen-bond acceptors (Lipinski definition) is 2. The molecular formula is C10H12NO2. The van der Waals surface area contributed by atoms with E-state index in [0.717, 1.165) is 5.56 Å². The zero-order chi connectivity index (χ0) is 9.68. The molecule has 0 bridgehead atoms. The second-order valence-corrected chi connectivity index (χ2v) is 2.85. The third-order valence-electron chi connectivity index (χ3n) is 1.92. The third kappa shape index (κ3) is 2.54. The maximum atomic E-state index is 10.7. The van der Waals surface area contributed by atoms with Crippen LogP contribution in [0.5, 0.6) is 0 Å². The normalized spacial score (nSPS) is 12.4. The van der Waals surface area contributed by atoms with Crippen LogP contribution in [0.15, 0.2) is 30.3 Å². The third-order valence-corrected chi connectivity index (χ3v) is 1.92. The van der Waals surface area contributed by atoms with Crippen LogP contribution in [0.1, 0.15) is 24.4 Å². The van der Waals surface area contributed by atoms with Gasteiger partial charge in [0.15, 0.2) is 0 Å². The van der Waals surface area contributed by atoms with E-state index in [1.165, 1.54) is 0 Å². The monoisotopic (exact) mass is 178 g/mol. The maximum Gasteiger partial charge on any atom is 0.238 e. The molecule has 0 heterocycles. The number of hydrogen-bond donors (Lipinski definition) is 0. The first-order valence-corrected chi connectivity index (χ1v) is 4.23. The summed E-state index contributed by atoms with van der Waals surface area (Å²) in [6.07, 6.45) is 1.08. The summed E-state index contributed by atoms with van der Waals surface area (Å²) in [5.74, 6) is 0. The Kier molecular flexibility index (Phi) is 3.43. The minimum atomic E-state index is -0.598. The van der Waals surface area contributed by atoms with Crippen LogP contribution >= 0.6 is 0 Å². The lowest BCUT2D eigenvalue weighted by Gasteiger charge is -2.07. The van der Waals surface area contributed by atoms with Crippen LogP contribution < -0.4 is 0 Å². The Morgan fingerprint density at radius 3 is 2.46 bits per heavy atom. The van der Waals surface area contributed by atoms with Crippen LogP contribution in [0, 0.1) is 17.0 Å². The minimum absolute atomic E-state index is 0.249. The van der Waals surface area contributed by atoms with Crippen LogP contribution in [0.4, 0.5) is 0 Å². The van der Waals surface area contributed by atoms with Gasteiger partial charge in [-0.15, -0.1) is 0 Å². The van der Waals surface area contributed by atoms with Gasteiger partial charge in [0, 0.05) is 16.9 Å². The van der Waals surface area contributed by atoms with Crippen molar-refractivity contribution >= 4 is 0 Å². The molecule has 1 aromatic carbocycles. The lowest BCUT2D eigenvalue weighted by molar-refractivity contribution is -0.529. The topological polar surface area (TPSA) is 43.1 Å². The standard InChI is InChI=1S/C10H12NO2/c1-2-6-10(11(12)13)9-7-4-3-5-8-9/h3-5,7-8,10H,1-2,6H2. The van der Waals surface area contributed by atoms with Gasteiger partial charge in [0.25, 0.3) is 0 Å². The van der Waals surface area contributed by atoms with Crippen molar-refractivity contribution in [3.05, 3.63) is 52.9 Å². The fraction of sp³-hybridized carbons (Fsp3) is 0.300. The second kappa shape index (κ2) is 4.60. The van der Waals surface area contributed by atoms with E-state index < -0.39 is 6.04 Å². The molecule has 69 valence electrons. The first-order valence-electron chi connectivity index (χ1n) is 4.23. The fourth-order valence-corrected chi connectivity index (χ4v) is 1.26. The Labute approximate surface area is 77.5 Å². The van der Waals surface area contributed by atoms with E-state index in [0.29, 0.717) is 12.8 Å². The molecule has 3 heteroatoms. The van der Waals surface area contributed by atoms with Gasteiger partial charge in [-0.25, -0.2) is 0 Å². The first kappa shape index (κ1) is 9.71. The molecule has 0 saturated carbocycles. The van der Waals surface area contributed by atoms with Crippen molar-refractivity contribution in [3.63, 3.8) is 0 Å². The maximum absolute atomic E-state index is 10.7. The van der Waals surface area contributed by atoms with Gasteiger partial charge in [-0.2, -0.15) is 0 Å². The van der Waals surface area contributed by atoms with E-state index >= 15 is 0 Å². The predicted molar refractivity (Wildman–Crippen MR) is 50.8 cm³/mol. The molecular weight excluding hydrogens is 166 g/mol. The fourth-order valence-electron chi connectivity index (χ4n) is 1.26. The molecule has 0 spiro atoms.